The second kappa shape index (κ2) is 6.84. The molecule has 20 heavy (non-hydrogen) atoms. The number of hydrogen-bond acceptors (Lipinski definition) is 2. The minimum atomic E-state index is -0.376. The van der Waals surface area contributed by atoms with Crippen molar-refractivity contribution in [3.63, 3.8) is 0 Å². The first kappa shape index (κ1) is 15.0. The van der Waals surface area contributed by atoms with Gasteiger partial charge in [-0.15, -0.1) is 0 Å². The molecule has 3 nitrogen and oxygen atoms in total. The number of hydrogen-bond donors (Lipinski definition) is 1. The first-order valence-electron chi connectivity index (χ1n) is 7.22. The van der Waals surface area contributed by atoms with E-state index in [9.17, 15) is 9.18 Å². The zero-order valence-electron chi connectivity index (χ0n) is 12.1. The number of rotatable bonds is 4. The summed E-state index contributed by atoms with van der Waals surface area (Å²) in [5.41, 5.74) is 1.22. The number of benzene rings is 1. The van der Waals surface area contributed by atoms with Gasteiger partial charge >= 0.3 is 0 Å². The number of ether oxygens (including phenoxy) is 1. The van der Waals surface area contributed by atoms with Crippen LogP contribution in [0.3, 0.4) is 0 Å². The molecule has 1 aromatic carbocycles. The molecule has 1 heterocycles. The van der Waals surface area contributed by atoms with E-state index in [2.05, 4.69) is 12.2 Å². The maximum Gasteiger partial charge on any atom is 0.251 e. The molecule has 1 amide bonds. The lowest BCUT2D eigenvalue weighted by molar-refractivity contribution is 0.00109. The first-order chi connectivity index (χ1) is 9.56. The molecule has 2 rings (SSSR count). The topological polar surface area (TPSA) is 38.3 Å². The summed E-state index contributed by atoms with van der Waals surface area (Å²) in [6.07, 6.45) is 3.37. The van der Waals surface area contributed by atoms with Crippen molar-refractivity contribution in [3.05, 3.63) is 35.1 Å². The van der Waals surface area contributed by atoms with Gasteiger partial charge in [0.05, 0.1) is 6.10 Å². The molecular weight excluding hydrogens is 257 g/mol. The van der Waals surface area contributed by atoms with Gasteiger partial charge < -0.3 is 10.1 Å². The molecule has 0 radical (unpaired) electrons. The Morgan fingerprint density at radius 3 is 3.05 bits per heavy atom. The monoisotopic (exact) mass is 279 g/mol. The zero-order chi connectivity index (χ0) is 14.5. The van der Waals surface area contributed by atoms with Crippen molar-refractivity contribution >= 4 is 5.91 Å². The number of nitrogens with one attached hydrogen (secondary N) is 1. The fourth-order valence-corrected chi connectivity index (χ4v) is 2.68. The van der Waals surface area contributed by atoms with Crippen molar-refractivity contribution in [1.82, 2.24) is 5.32 Å². The Morgan fingerprint density at radius 1 is 1.50 bits per heavy atom. The number of aryl methyl sites for hydroxylation is 1. The maximum absolute atomic E-state index is 13.2. The number of halogens is 1. The van der Waals surface area contributed by atoms with Gasteiger partial charge in [0, 0.05) is 18.7 Å². The van der Waals surface area contributed by atoms with Crippen molar-refractivity contribution in [1.29, 1.82) is 0 Å². The molecule has 110 valence electrons. The lowest BCUT2D eigenvalue weighted by atomic mass is 9.93. The van der Waals surface area contributed by atoms with Crippen molar-refractivity contribution in [3.8, 4) is 0 Å². The Labute approximate surface area is 119 Å². The van der Waals surface area contributed by atoms with Crippen LogP contribution in [0, 0.1) is 18.7 Å². The quantitative estimate of drug-likeness (QED) is 0.920. The van der Waals surface area contributed by atoms with E-state index in [1.807, 2.05) is 6.92 Å². The normalized spacial score (nSPS) is 22.6. The number of amides is 1. The summed E-state index contributed by atoms with van der Waals surface area (Å²) >= 11 is 0. The van der Waals surface area contributed by atoms with E-state index in [1.165, 1.54) is 12.1 Å². The third-order valence-corrected chi connectivity index (χ3v) is 3.88. The molecule has 0 unspecified atom stereocenters. The highest BCUT2D eigenvalue weighted by Gasteiger charge is 2.19. The predicted octanol–water partition coefficient (Wildman–Crippen LogP) is 3.07. The van der Waals surface area contributed by atoms with Crippen molar-refractivity contribution in [2.45, 2.75) is 39.2 Å². The van der Waals surface area contributed by atoms with Gasteiger partial charge in [0.2, 0.25) is 0 Å². The van der Waals surface area contributed by atoms with Crippen molar-refractivity contribution < 1.29 is 13.9 Å². The highest BCUT2D eigenvalue weighted by atomic mass is 19.1. The van der Waals surface area contributed by atoms with Crippen LogP contribution in [0.25, 0.3) is 0 Å². The minimum absolute atomic E-state index is 0.192. The van der Waals surface area contributed by atoms with Gasteiger partial charge in [0.25, 0.3) is 5.91 Å². The van der Waals surface area contributed by atoms with Crippen LogP contribution in [0.2, 0.25) is 0 Å². The van der Waals surface area contributed by atoms with Gasteiger partial charge in [0.15, 0.2) is 0 Å². The summed E-state index contributed by atoms with van der Waals surface area (Å²) in [6.45, 7) is 5.34. The van der Waals surface area contributed by atoms with E-state index in [1.54, 1.807) is 6.07 Å². The Kier molecular flexibility index (Phi) is 5.12. The van der Waals surface area contributed by atoms with Gasteiger partial charge in [-0.2, -0.15) is 0 Å². The second-order valence-corrected chi connectivity index (χ2v) is 5.58. The average Bonchev–Trinajstić information content (AvgIpc) is 2.41. The lowest BCUT2D eigenvalue weighted by Gasteiger charge is -2.27. The second-order valence-electron chi connectivity index (χ2n) is 5.58. The van der Waals surface area contributed by atoms with Crippen LogP contribution in [0.5, 0.6) is 0 Å². The zero-order valence-corrected chi connectivity index (χ0v) is 12.1. The summed E-state index contributed by atoms with van der Waals surface area (Å²) in [6, 6.07) is 4.29. The largest absolute Gasteiger partial charge is 0.378 e. The van der Waals surface area contributed by atoms with E-state index in [4.69, 9.17) is 4.74 Å². The van der Waals surface area contributed by atoms with E-state index in [0.717, 1.165) is 31.4 Å². The molecule has 2 atom stereocenters. The van der Waals surface area contributed by atoms with E-state index in [0.29, 0.717) is 24.1 Å². The molecule has 1 aliphatic rings. The van der Waals surface area contributed by atoms with Crippen molar-refractivity contribution in [2.24, 2.45) is 5.92 Å². The molecule has 1 saturated heterocycles. The average molecular weight is 279 g/mol. The molecule has 0 spiro atoms. The molecule has 0 aliphatic carbocycles. The fraction of sp³-hybridized carbons (Fsp3) is 0.562. The van der Waals surface area contributed by atoms with Crippen molar-refractivity contribution in [2.75, 3.05) is 13.2 Å². The molecule has 1 N–H and O–H groups in total. The van der Waals surface area contributed by atoms with Gasteiger partial charge in [-0.05, 0) is 56.7 Å². The summed E-state index contributed by atoms with van der Waals surface area (Å²) in [5, 5.41) is 2.88. The standard InChI is InChI=1S/C16H22FNO2/c1-11-3-4-14(17)10-15(11)16(19)18-7-5-13-6-8-20-12(2)9-13/h3-4,10,12-13H,5-9H2,1-2H3,(H,18,19)/t12-,13-/m1/s1. The summed E-state index contributed by atoms with van der Waals surface area (Å²) in [4.78, 5) is 12.0. The Bertz CT molecular complexity index is 476. The van der Waals surface area contributed by atoms with Crippen LogP contribution >= 0.6 is 0 Å². The van der Waals surface area contributed by atoms with E-state index >= 15 is 0 Å². The predicted molar refractivity (Wildman–Crippen MR) is 76.2 cm³/mol. The van der Waals surface area contributed by atoms with Gasteiger partial charge in [0.1, 0.15) is 5.82 Å². The SMILES string of the molecule is Cc1ccc(F)cc1C(=O)NCC[C@@H]1CCO[C@H](C)C1. The van der Waals surface area contributed by atoms with Crippen LogP contribution < -0.4 is 5.32 Å². The Balaban J connectivity index is 1.81. The van der Waals surface area contributed by atoms with Crippen LogP contribution in [0.15, 0.2) is 18.2 Å². The highest BCUT2D eigenvalue weighted by molar-refractivity contribution is 5.95. The van der Waals surface area contributed by atoms with Crippen LogP contribution in [-0.2, 0) is 4.74 Å². The minimum Gasteiger partial charge on any atom is -0.378 e. The molecule has 0 bridgehead atoms. The van der Waals surface area contributed by atoms with E-state index < -0.39 is 0 Å². The molecule has 0 aromatic heterocycles. The number of carbonyl (C=O) groups is 1. The summed E-state index contributed by atoms with van der Waals surface area (Å²) in [7, 11) is 0. The fourth-order valence-electron chi connectivity index (χ4n) is 2.68. The highest BCUT2D eigenvalue weighted by Crippen LogP contribution is 2.22. The van der Waals surface area contributed by atoms with Gasteiger partial charge in [-0.25, -0.2) is 4.39 Å². The van der Waals surface area contributed by atoms with E-state index in [-0.39, 0.29) is 11.7 Å². The Hall–Kier alpha value is -1.42. The third-order valence-electron chi connectivity index (χ3n) is 3.88. The van der Waals surface area contributed by atoms with Crippen LogP contribution in [0.4, 0.5) is 4.39 Å². The van der Waals surface area contributed by atoms with Crippen LogP contribution in [-0.4, -0.2) is 25.2 Å². The Morgan fingerprint density at radius 2 is 2.30 bits per heavy atom. The molecule has 1 fully saturated rings. The maximum atomic E-state index is 13.2. The van der Waals surface area contributed by atoms with Crippen LogP contribution in [0.1, 0.15) is 42.1 Å². The smallest absolute Gasteiger partial charge is 0.251 e. The molecule has 1 aliphatic heterocycles. The lowest BCUT2D eigenvalue weighted by Crippen LogP contribution is -2.29. The van der Waals surface area contributed by atoms with Gasteiger partial charge in [-0.3, -0.25) is 4.79 Å². The number of carbonyl (C=O) groups excluding carboxylic acids is 1. The summed E-state index contributed by atoms with van der Waals surface area (Å²) in [5.74, 6) is 0.0359. The molecule has 0 saturated carbocycles. The first-order valence-corrected chi connectivity index (χ1v) is 7.22. The summed E-state index contributed by atoms with van der Waals surface area (Å²) < 4.78 is 18.7. The molecule has 1 aromatic rings. The molecular formula is C16H22FNO2. The van der Waals surface area contributed by atoms with Gasteiger partial charge in [-0.1, -0.05) is 6.07 Å². The third kappa shape index (κ3) is 4.04. The molecule has 4 heteroatoms.